The monoisotopic (exact) mass is 510 g/mol. The van der Waals surface area contributed by atoms with Gasteiger partial charge in [0.05, 0.1) is 17.2 Å². The Balaban J connectivity index is 1.87. The predicted octanol–water partition coefficient (Wildman–Crippen LogP) is 5.02. The van der Waals surface area contributed by atoms with Crippen LogP contribution in [0.5, 0.6) is 5.75 Å². The van der Waals surface area contributed by atoms with Crippen LogP contribution in [0.1, 0.15) is 12.0 Å². The zero-order chi connectivity index (χ0) is 21.4. The van der Waals surface area contributed by atoms with E-state index in [4.69, 9.17) is 27.9 Å². The van der Waals surface area contributed by atoms with Crippen molar-refractivity contribution in [2.45, 2.75) is 18.3 Å². The number of hydrogen-bond donors (Lipinski definition) is 1. The molecule has 2 aromatic carbocycles. The lowest BCUT2D eigenvalue weighted by atomic mass is 10.0. The Bertz CT molecular complexity index is 987. The molecule has 3 rings (SSSR count). The van der Waals surface area contributed by atoms with Crippen LogP contribution in [0.15, 0.2) is 52.0 Å². The zero-order valence-electron chi connectivity index (χ0n) is 14.4. The standard InChI is InChI=1S/C18H12BrCl2F3N2O3/c19-11-3-1-2-10(6-11)14-8-17(28,18(22,23)24)26(25-14)16(27)9-29-15-5-4-12(20)7-13(15)21/h1-7,28H,8-9H2/t17-/m1/s1. The van der Waals surface area contributed by atoms with Crippen molar-refractivity contribution in [2.24, 2.45) is 5.10 Å². The van der Waals surface area contributed by atoms with Crippen LogP contribution >= 0.6 is 39.1 Å². The number of rotatable bonds is 4. The van der Waals surface area contributed by atoms with Crippen LogP contribution in [-0.4, -0.2) is 40.2 Å². The van der Waals surface area contributed by atoms with E-state index in [1.165, 1.54) is 30.3 Å². The van der Waals surface area contributed by atoms with Gasteiger partial charge in [0.15, 0.2) is 6.61 Å². The molecular formula is C18H12BrCl2F3N2O3. The highest BCUT2D eigenvalue weighted by Gasteiger charge is 2.63. The van der Waals surface area contributed by atoms with E-state index in [0.29, 0.717) is 15.1 Å². The van der Waals surface area contributed by atoms with Gasteiger partial charge >= 0.3 is 6.18 Å². The van der Waals surface area contributed by atoms with Crippen LogP contribution in [-0.2, 0) is 4.79 Å². The number of benzene rings is 2. The van der Waals surface area contributed by atoms with E-state index in [9.17, 15) is 23.1 Å². The molecular weight excluding hydrogens is 500 g/mol. The van der Waals surface area contributed by atoms with Crippen molar-refractivity contribution in [2.75, 3.05) is 6.61 Å². The molecule has 0 radical (unpaired) electrons. The van der Waals surface area contributed by atoms with Crippen LogP contribution in [0, 0.1) is 0 Å². The van der Waals surface area contributed by atoms with Crippen molar-refractivity contribution < 1.29 is 27.8 Å². The summed E-state index contributed by atoms with van der Waals surface area (Å²) in [6, 6.07) is 10.5. The maximum atomic E-state index is 13.6. The van der Waals surface area contributed by atoms with Crippen LogP contribution in [0.2, 0.25) is 10.0 Å². The summed E-state index contributed by atoms with van der Waals surface area (Å²) in [5.41, 5.74) is -3.25. The van der Waals surface area contributed by atoms with Crippen LogP contribution in [0.4, 0.5) is 13.2 Å². The van der Waals surface area contributed by atoms with Gasteiger partial charge < -0.3 is 9.84 Å². The molecule has 0 saturated carbocycles. The summed E-state index contributed by atoms with van der Waals surface area (Å²) >= 11 is 14.9. The Kier molecular flexibility index (Phi) is 6.14. The SMILES string of the molecule is O=C(COc1ccc(Cl)cc1Cl)N1N=C(c2cccc(Br)c2)C[C@@]1(O)C(F)(F)F. The molecule has 154 valence electrons. The molecule has 2 aromatic rings. The van der Waals surface area contributed by atoms with E-state index in [2.05, 4.69) is 21.0 Å². The Morgan fingerprint density at radius 2 is 2.00 bits per heavy atom. The Hall–Kier alpha value is -1.81. The van der Waals surface area contributed by atoms with Crippen LogP contribution in [0.25, 0.3) is 0 Å². The maximum Gasteiger partial charge on any atom is 0.438 e. The van der Waals surface area contributed by atoms with Crippen LogP contribution < -0.4 is 4.74 Å². The normalized spacial score (nSPS) is 19.3. The minimum Gasteiger partial charge on any atom is -0.482 e. The number of hydrazone groups is 1. The molecule has 0 unspecified atom stereocenters. The molecule has 1 N–H and O–H groups in total. The molecule has 0 aromatic heterocycles. The van der Waals surface area contributed by atoms with E-state index < -0.39 is 30.8 Å². The second-order valence-corrected chi connectivity index (χ2v) is 7.88. The Morgan fingerprint density at radius 3 is 2.62 bits per heavy atom. The predicted molar refractivity (Wildman–Crippen MR) is 105 cm³/mol. The van der Waals surface area contributed by atoms with Gasteiger partial charge in [-0.15, -0.1) is 0 Å². The van der Waals surface area contributed by atoms with Crippen LogP contribution in [0.3, 0.4) is 0 Å². The summed E-state index contributed by atoms with van der Waals surface area (Å²) in [4.78, 5) is 12.5. The van der Waals surface area contributed by atoms with E-state index in [0.717, 1.165) is 0 Å². The number of hydrogen-bond acceptors (Lipinski definition) is 4. The van der Waals surface area contributed by atoms with Crippen molar-refractivity contribution in [3.63, 3.8) is 0 Å². The Labute approximate surface area is 181 Å². The molecule has 1 amide bonds. The first kappa shape index (κ1) is 21.9. The molecule has 1 aliphatic rings. The van der Waals surface area contributed by atoms with Crippen molar-refractivity contribution in [1.82, 2.24) is 5.01 Å². The Morgan fingerprint density at radius 1 is 1.28 bits per heavy atom. The molecule has 1 atom stereocenters. The van der Waals surface area contributed by atoms with Crippen molar-refractivity contribution in [3.05, 3.63) is 62.5 Å². The molecule has 1 heterocycles. The number of carbonyl (C=O) groups excluding carboxylic acids is 1. The highest BCUT2D eigenvalue weighted by Crippen LogP contribution is 2.41. The summed E-state index contributed by atoms with van der Waals surface area (Å²) in [5, 5.41) is 14.5. The van der Waals surface area contributed by atoms with Crippen molar-refractivity contribution in [1.29, 1.82) is 0 Å². The summed E-state index contributed by atoms with van der Waals surface area (Å²) in [6.45, 7) is -0.824. The number of aliphatic hydroxyl groups is 1. The van der Waals surface area contributed by atoms with Crippen molar-refractivity contribution in [3.8, 4) is 5.75 Å². The molecule has 0 saturated heterocycles. The molecule has 0 spiro atoms. The fourth-order valence-corrected chi connectivity index (χ4v) is 3.51. The van der Waals surface area contributed by atoms with Gasteiger partial charge in [0, 0.05) is 9.50 Å². The summed E-state index contributed by atoms with van der Waals surface area (Å²) < 4.78 is 46.6. The number of halogens is 6. The van der Waals surface area contributed by atoms with Gasteiger partial charge in [-0.1, -0.05) is 51.3 Å². The number of amides is 1. The largest absolute Gasteiger partial charge is 0.482 e. The summed E-state index contributed by atoms with van der Waals surface area (Å²) in [5.74, 6) is -1.14. The first-order chi connectivity index (χ1) is 13.5. The van der Waals surface area contributed by atoms with E-state index in [-0.39, 0.29) is 21.5 Å². The minimum absolute atomic E-state index is 0.00701. The molecule has 5 nitrogen and oxygen atoms in total. The molecule has 0 fully saturated rings. The lowest BCUT2D eigenvalue weighted by Gasteiger charge is -2.32. The second-order valence-electron chi connectivity index (χ2n) is 6.12. The van der Waals surface area contributed by atoms with E-state index in [1.54, 1.807) is 12.1 Å². The minimum atomic E-state index is -5.14. The van der Waals surface area contributed by atoms with E-state index >= 15 is 0 Å². The first-order valence-corrected chi connectivity index (χ1v) is 9.59. The molecule has 0 bridgehead atoms. The average molecular weight is 512 g/mol. The van der Waals surface area contributed by atoms with Gasteiger partial charge in [0.1, 0.15) is 5.75 Å². The molecule has 11 heteroatoms. The second kappa shape index (κ2) is 8.14. The average Bonchev–Trinajstić information content (AvgIpc) is 3.00. The summed E-state index contributed by atoms with van der Waals surface area (Å²) in [7, 11) is 0. The smallest absolute Gasteiger partial charge is 0.438 e. The van der Waals surface area contributed by atoms with Gasteiger partial charge in [-0.05, 0) is 35.9 Å². The van der Waals surface area contributed by atoms with E-state index in [1.807, 2.05) is 0 Å². The maximum absolute atomic E-state index is 13.6. The third-order valence-corrected chi connectivity index (χ3v) is 5.10. The molecule has 1 aliphatic heterocycles. The first-order valence-electron chi connectivity index (χ1n) is 8.05. The zero-order valence-corrected chi connectivity index (χ0v) is 17.5. The fourth-order valence-electron chi connectivity index (χ4n) is 2.65. The highest BCUT2D eigenvalue weighted by atomic mass is 79.9. The fraction of sp³-hybridized carbons (Fsp3) is 0.222. The van der Waals surface area contributed by atoms with Gasteiger partial charge in [0.25, 0.3) is 11.6 Å². The van der Waals surface area contributed by atoms with Gasteiger partial charge in [-0.25, -0.2) is 0 Å². The molecule has 0 aliphatic carbocycles. The quantitative estimate of drug-likeness (QED) is 0.626. The van der Waals surface area contributed by atoms with Gasteiger partial charge in [-0.2, -0.15) is 23.3 Å². The topological polar surface area (TPSA) is 62.1 Å². The number of ether oxygens (including phenoxy) is 1. The number of nitrogens with zero attached hydrogens (tertiary/aromatic N) is 2. The highest BCUT2D eigenvalue weighted by molar-refractivity contribution is 9.10. The lowest BCUT2D eigenvalue weighted by Crippen LogP contribution is -2.57. The lowest BCUT2D eigenvalue weighted by molar-refractivity contribution is -0.302. The number of carbonyl (C=O) groups is 1. The third-order valence-electron chi connectivity index (χ3n) is 4.08. The third kappa shape index (κ3) is 4.53. The summed E-state index contributed by atoms with van der Waals surface area (Å²) in [6.07, 6.45) is -6.06. The van der Waals surface area contributed by atoms with Crippen molar-refractivity contribution >= 4 is 50.8 Å². The molecule has 29 heavy (non-hydrogen) atoms. The number of alkyl halides is 3. The van der Waals surface area contributed by atoms with Gasteiger partial charge in [-0.3, -0.25) is 4.79 Å². The van der Waals surface area contributed by atoms with Gasteiger partial charge in [0.2, 0.25) is 0 Å².